The summed E-state index contributed by atoms with van der Waals surface area (Å²) in [6, 6.07) is 11.2. The standard InChI is InChI=1S/C24H23F4N3O6.C5H4N4O/c25-15-8-16(26)23(28)24(22(15)27)37-13-18(32)17(9-21(35)36)29-19(33)11-31-7-6-30(12-20(31)34)10-14-4-2-1-3-5-14;10-9-5-4(7-8-9)2-1-3-6-5/h1-5,8,17H,6-7,9-13H2,(H,29,33)(H,35,36);1-3,10H/t17-;/m0./s1. The molecule has 248 valence electrons. The lowest BCUT2D eigenvalue weighted by molar-refractivity contribution is -0.143. The summed E-state index contributed by atoms with van der Waals surface area (Å²) >= 11 is 0. The molecule has 5 rings (SSSR count). The van der Waals surface area contributed by atoms with Crippen molar-refractivity contribution in [3.05, 3.63) is 83.6 Å². The molecule has 1 fully saturated rings. The van der Waals surface area contributed by atoms with Gasteiger partial charge in [0.15, 0.2) is 23.2 Å². The van der Waals surface area contributed by atoms with Crippen LogP contribution in [0.4, 0.5) is 17.6 Å². The third-order valence-corrected chi connectivity index (χ3v) is 6.71. The van der Waals surface area contributed by atoms with Gasteiger partial charge in [0.05, 0.1) is 19.5 Å². The molecule has 2 aromatic carbocycles. The Morgan fingerprint density at radius 3 is 2.34 bits per heavy atom. The van der Waals surface area contributed by atoms with Gasteiger partial charge >= 0.3 is 5.97 Å². The normalized spacial score (nSPS) is 13.9. The number of benzene rings is 2. The number of aromatic nitrogens is 4. The molecule has 1 atom stereocenters. The number of fused-ring (bicyclic) bond motifs is 1. The van der Waals surface area contributed by atoms with Gasteiger partial charge in [-0.1, -0.05) is 35.2 Å². The predicted molar refractivity (Wildman–Crippen MR) is 152 cm³/mol. The number of carboxylic acids is 1. The maximum Gasteiger partial charge on any atom is 0.305 e. The second kappa shape index (κ2) is 15.6. The molecule has 1 aliphatic heterocycles. The second-order valence-corrected chi connectivity index (χ2v) is 10.1. The van der Waals surface area contributed by atoms with Crippen LogP contribution in [-0.2, 0) is 25.7 Å². The van der Waals surface area contributed by atoms with Crippen LogP contribution in [0.15, 0.2) is 54.7 Å². The highest BCUT2D eigenvalue weighted by Crippen LogP contribution is 2.26. The van der Waals surface area contributed by atoms with Crippen LogP contribution >= 0.6 is 0 Å². The number of amides is 2. The number of nitrogens with one attached hydrogen (secondary N) is 1. The SMILES string of the molecule is O=C(O)C[C@H](NC(=O)CN1CCN(Cc2ccccc2)CC1=O)C(=O)COc1c(F)c(F)cc(F)c1F.On1nnc2cccnc21. The summed E-state index contributed by atoms with van der Waals surface area (Å²) in [5.74, 6) is -12.6. The summed E-state index contributed by atoms with van der Waals surface area (Å²) < 4.78 is 58.7. The lowest BCUT2D eigenvalue weighted by Crippen LogP contribution is -2.54. The highest BCUT2D eigenvalue weighted by Gasteiger charge is 2.30. The van der Waals surface area contributed by atoms with Crippen LogP contribution in [0.3, 0.4) is 0 Å². The lowest BCUT2D eigenvalue weighted by atomic mass is 10.1. The van der Waals surface area contributed by atoms with Crippen LogP contribution in [0.1, 0.15) is 12.0 Å². The molecule has 0 saturated carbocycles. The van der Waals surface area contributed by atoms with Crippen molar-refractivity contribution in [2.24, 2.45) is 0 Å². The van der Waals surface area contributed by atoms with Crippen LogP contribution in [0, 0.1) is 23.3 Å². The smallest absolute Gasteiger partial charge is 0.305 e. The Hall–Kier alpha value is -5.65. The van der Waals surface area contributed by atoms with Gasteiger partial charge in [-0.25, -0.2) is 13.8 Å². The van der Waals surface area contributed by atoms with Gasteiger partial charge in [0.25, 0.3) is 0 Å². The van der Waals surface area contributed by atoms with Gasteiger partial charge in [-0.15, -0.1) is 5.10 Å². The fourth-order valence-electron chi connectivity index (χ4n) is 4.41. The third kappa shape index (κ3) is 9.19. The number of aliphatic carboxylic acids is 1. The van der Waals surface area contributed by atoms with E-state index < -0.39 is 72.3 Å². The molecule has 1 saturated heterocycles. The van der Waals surface area contributed by atoms with Crippen LogP contribution < -0.4 is 10.1 Å². The van der Waals surface area contributed by atoms with Gasteiger partial charge in [-0.3, -0.25) is 24.1 Å². The molecule has 18 heteroatoms. The van der Waals surface area contributed by atoms with Crippen molar-refractivity contribution in [1.29, 1.82) is 0 Å². The number of carboxylic acid groups (broad SMARTS) is 1. The molecule has 0 radical (unpaired) electrons. The van der Waals surface area contributed by atoms with Gasteiger partial charge in [0, 0.05) is 31.9 Å². The number of pyridine rings is 1. The Balaban J connectivity index is 0.000000420. The van der Waals surface area contributed by atoms with Crippen molar-refractivity contribution in [2.45, 2.75) is 19.0 Å². The monoisotopic (exact) mass is 661 g/mol. The molecule has 2 amide bonds. The number of hydrogen-bond donors (Lipinski definition) is 3. The number of piperazine rings is 1. The number of nitrogens with zero attached hydrogens (tertiary/aromatic N) is 6. The first kappa shape index (κ1) is 34.2. The summed E-state index contributed by atoms with van der Waals surface area (Å²) in [7, 11) is 0. The zero-order valence-electron chi connectivity index (χ0n) is 24.4. The number of hydrogen-bond acceptors (Lipinski definition) is 10. The van der Waals surface area contributed by atoms with E-state index in [0.717, 1.165) is 5.56 Å². The molecular weight excluding hydrogens is 634 g/mol. The van der Waals surface area contributed by atoms with Crippen LogP contribution in [0.2, 0.25) is 0 Å². The van der Waals surface area contributed by atoms with Crippen LogP contribution in [0.25, 0.3) is 11.2 Å². The minimum Gasteiger partial charge on any atom is -0.481 e. The number of ether oxygens (including phenoxy) is 1. The summed E-state index contributed by atoms with van der Waals surface area (Å²) in [6.07, 6.45) is 0.660. The van der Waals surface area contributed by atoms with E-state index in [1.54, 1.807) is 18.3 Å². The number of carbonyl (C=O) groups excluding carboxylic acids is 3. The highest BCUT2D eigenvalue weighted by molar-refractivity contribution is 5.94. The first-order valence-electron chi connectivity index (χ1n) is 13.8. The van der Waals surface area contributed by atoms with E-state index in [0.29, 0.717) is 29.1 Å². The molecule has 0 spiro atoms. The van der Waals surface area contributed by atoms with E-state index in [2.05, 4.69) is 25.3 Å². The molecule has 47 heavy (non-hydrogen) atoms. The Morgan fingerprint density at radius 1 is 1.00 bits per heavy atom. The van der Waals surface area contributed by atoms with E-state index >= 15 is 0 Å². The van der Waals surface area contributed by atoms with Crippen molar-refractivity contribution in [2.75, 3.05) is 32.8 Å². The maximum absolute atomic E-state index is 13.7. The molecule has 1 aliphatic rings. The number of carbonyl (C=O) groups is 4. The van der Waals surface area contributed by atoms with Crippen LogP contribution in [0.5, 0.6) is 5.75 Å². The Morgan fingerprint density at radius 2 is 1.70 bits per heavy atom. The zero-order chi connectivity index (χ0) is 34.1. The van der Waals surface area contributed by atoms with Crippen molar-refractivity contribution in [3.8, 4) is 5.75 Å². The van der Waals surface area contributed by atoms with Crippen molar-refractivity contribution < 1.29 is 51.8 Å². The fraction of sp³-hybridized carbons (Fsp3) is 0.276. The van der Waals surface area contributed by atoms with E-state index in [1.165, 1.54) is 4.90 Å². The van der Waals surface area contributed by atoms with Crippen molar-refractivity contribution in [3.63, 3.8) is 0 Å². The largest absolute Gasteiger partial charge is 0.481 e. The number of halogens is 4. The molecule has 4 aromatic rings. The van der Waals surface area contributed by atoms with Crippen LogP contribution in [-0.4, -0.2) is 103 Å². The van der Waals surface area contributed by atoms with E-state index in [9.17, 15) is 36.7 Å². The Labute approximate surface area is 263 Å². The Kier molecular flexibility index (Phi) is 11.3. The van der Waals surface area contributed by atoms with E-state index in [1.807, 2.05) is 35.2 Å². The minimum absolute atomic E-state index is 0.0461. The van der Waals surface area contributed by atoms with Crippen molar-refractivity contribution in [1.82, 2.24) is 35.3 Å². The van der Waals surface area contributed by atoms with Gasteiger partial charge in [-0.05, 0) is 22.9 Å². The number of Topliss-reactive ketones (excluding diaryl/α,β-unsaturated/α-hetero) is 1. The first-order chi connectivity index (χ1) is 22.4. The highest BCUT2D eigenvalue weighted by atomic mass is 19.2. The topological polar surface area (TPSA) is 180 Å². The minimum atomic E-state index is -1.88. The van der Waals surface area contributed by atoms with Crippen molar-refractivity contribution >= 4 is 34.7 Å². The van der Waals surface area contributed by atoms with Gasteiger partial charge in [0.2, 0.25) is 29.1 Å². The molecule has 2 aromatic heterocycles. The summed E-state index contributed by atoms with van der Waals surface area (Å²) in [4.78, 5) is 56.2. The maximum atomic E-state index is 13.7. The molecule has 3 N–H and O–H groups in total. The summed E-state index contributed by atoms with van der Waals surface area (Å²) in [5.41, 5.74) is 1.98. The summed E-state index contributed by atoms with van der Waals surface area (Å²) in [6.45, 7) is -0.371. The molecule has 0 unspecified atom stereocenters. The molecule has 0 aliphatic carbocycles. The van der Waals surface area contributed by atoms with Gasteiger partial charge in [-0.2, -0.15) is 8.78 Å². The quantitative estimate of drug-likeness (QED) is 0.121. The zero-order valence-corrected chi connectivity index (χ0v) is 24.4. The number of rotatable bonds is 11. The molecule has 3 heterocycles. The third-order valence-electron chi connectivity index (χ3n) is 6.71. The average Bonchev–Trinajstić information content (AvgIpc) is 3.42. The molecule has 14 nitrogen and oxygen atoms in total. The predicted octanol–water partition coefficient (Wildman–Crippen LogP) is 1.56. The second-order valence-electron chi connectivity index (χ2n) is 10.1. The fourth-order valence-corrected chi connectivity index (χ4v) is 4.41. The first-order valence-corrected chi connectivity index (χ1v) is 13.8. The Bertz CT molecular complexity index is 1730. The van der Waals surface area contributed by atoms with E-state index in [4.69, 9.17) is 10.3 Å². The number of ketones is 1. The van der Waals surface area contributed by atoms with Gasteiger partial charge in [0.1, 0.15) is 18.2 Å². The average molecular weight is 662 g/mol. The molecular formula is C29H27F4N7O7. The molecule has 0 bridgehead atoms. The van der Waals surface area contributed by atoms with E-state index in [-0.39, 0.29) is 25.1 Å². The summed E-state index contributed by atoms with van der Waals surface area (Å²) in [5, 5.41) is 27.1. The van der Waals surface area contributed by atoms with Gasteiger partial charge < -0.3 is 25.3 Å². The lowest BCUT2D eigenvalue weighted by Gasteiger charge is -2.34.